The zero-order valence-electron chi connectivity index (χ0n) is 5.57. The normalized spacial score (nSPS) is 28.0. The van der Waals surface area contributed by atoms with Crippen molar-refractivity contribution in [1.82, 2.24) is 10.2 Å². The van der Waals surface area contributed by atoms with E-state index in [1.807, 2.05) is 18.6 Å². The minimum atomic E-state index is 0.273. The minimum Gasteiger partial charge on any atom is -0.367 e. The van der Waals surface area contributed by atoms with E-state index in [1.54, 1.807) is 6.20 Å². The Morgan fingerprint density at radius 3 is 3.50 bits per heavy atom. The molecule has 0 radical (unpaired) electrons. The first-order valence-electron chi connectivity index (χ1n) is 3.33. The first kappa shape index (κ1) is 5.53. The number of hydrogen-bond donors (Lipinski definition) is 1. The Morgan fingerprint density at radius 1 is 1.60 bits per heavy atom. The molecule has 0 bridgehead atoms. The second-order valence-corrected chi connectivity index (χ2v) is 2.31. The zero-order valence-corrected chi connectivity index (χ0v) is 5.57. The van der Waals surface area contributed by atoms with E-state index >= 15 is 0 Å². The third kappa shape index (κ3) is 0.795. The third-order valence-electron chi connectivity index (χ3n) is 1.63. The number of aliphatic imine (C=N–C) groups is 1. The van der Waals surface area contributed by atoms with E-state index in [4.69, 9.17) is 0 Å². The summed E-state index contributed by atoms with van der Waals surface area (Å²) in [6.07, 6.45) is 10.0. The summed E-state index contributed by atoms with van der Waals surface area (Å²) in [6.45, 7) is 0.972. The first-order chi connectivity index (χ1) is 4.97. The molecule has 1 atom stereocenters. The van der Waals surface area contributed by atoms with Crippen LogP contribution in [0.2, 0.25) is 0 Å². The van der Waals surface area contributed by atoms with Crippen molar-refractivity contribution in [3.63, 3.8) is 0 Å². The van der Waals surface area contributed by atoms with Crippen LogP contribution in [0, 0.1) is 0 Å². The molecule has 10 heavy (non-hydrogen) atoms. The maximum Gasteiger partial charge on any atom is 0.135 e. The van der Waals surface area contributed by atoms with Gasteiger partial charge in [0.1, 0.15) is 6.17 Å². The predicted octanol–water partition coefficient (Wildman–Crippen LogP) is 0.287. The van der Waals surface area contributed by atoms with Gasteiger partial charge in [0.15, 0.2) is 0 Å². The topological polar surface area (TPSA) is 27.6 Å². The van der Waals surface area contributed by atoms with Gasteiger partial charge >= 0.3 is 0 Å². The lowest BCUT2D eigenvalue weighted by atomic mass is 10.3. The number of fused-ring (bicyclic) bond motifs is 1. The van der Waals surface area contributed by atoms with Crippen molar-refractivity contribution in [1.29, 1.82) is 0 Å². The summed E-state index contributed by atoms with van der Waals surface area (Å²) in [4.78, 5) is 6.19. The predicted molar refractivity (Wildman–Crippen MR) is 40.4 cm³/mol. The van der Waals surface area contributed by atoms with Gasteiger partial charge in [-0.05, 0) is 12.3 Å². The van der Waals surface area contributed by atoms with Crippen molar-refractivity contribution >= 4 is 6.21 Å². The van der Waals surface area contributed by atoms with E-state index in [0.717, 1.165) is 6.54 Å². The van der Waals surface area contributed by atoms with Crippen LogP contribution >= 0.6 is 0 Å². The van der Waals surface area contributed by atoms with Crippen LogP contribution in [0.5, 0.6) is 0 Å². The van der Waals surface area contributed by atoms with Crippen LogP contribution in [0.25, 0.3) is 0 Å². The SMILES string of the molecule is C1=CNC2C=NC=CN2C1. The molecule has 2 rings (SSSR count). The highest BCUT2D eigenvalue weighted by Gasteiger charge is 2.14. The summed E-state index contributed by atoms with van der Waals surface area (Å²) in [7, 11) is 0. The minimum absolute atomic E-state index is 0.273. The van der Waals surface area contributed by atoms with Gasteiger partial charge in [0, 0.05) is 25.2 Å². The maximum absolute atomic E-state index is 4.02. The van der Waals surface area contributed by atoms with E-state index in [1.165, 1.54) is 0 Å². The lowest BCUT2D eigenvalue weighted by Gasteiger charge is -2.31. The number of rotatable bonds is 0. The maximum atomic E-state index is 4.02. The van der Waals surface area contributed by atoms with E-state index in [9.17, 15) is 0 Å². The number of nitrogens with zero attached hydrogens (tertiary/aromatic N) is 2. The summed E-state index contributed by atoms with van der Waals surface area (Å²) in [5.41, 5.74) is 0. The molecule has 0 aromatic carbocycles. The molecule has 1 N–H and O–H groups in total. The smallest absolute Gasteiger partial charge is 0.135 e. The summed E-state index contributed by atoms with van der Waals surface area (Å²) in [5.74, 6) is 0. The average Bonchev–Trinajstić information content (AvgIpc) is 2.05. The van der Waals surface area contributed by atoms with Gasteiger partial charge in [0.05, 0.1) is 0 Å². The molecule has 2 aliphatic rings. The Labute approximate surface area is 59.7 Å². The van der Waals surface area contributed by atoms with Gasteiger partial charge in [0.2, 0.25) is 0 Å². The van der Waals surface area contributed by atoms with Gasteiger partial charge in [-0.25, -0.2) is 0 Å². The van der Waals surface area contributed by atoms with Crippen LogP contribution in [0.4, 0.5) is 0 Å². The third-order valence-corrected chi connectivity index (χ3v) is 1.63. The average molecular weight is 135 g/mol. The molecule has 3 heteroatoms. The zero-order chi connectivity index (χ0) is 6.81. The fourth-order valence-corrected chi connectivity index (χ4v) is 1.09. The van der Waals surface area contributed by atoms with Gasteiger partial charge in [-0.3, -0.25) is 4.99 Å². The highest BCUT2D eigenvalue weighted by atomic mass is 15.3. The number of hydrogen-bond acceptors (Lipinski definition) is 3. The lowest BCUT2D eigenvalue weighted by molar-refractivity contribution is 0.329. The molecule has 0 spiro atoms. The fraction of sp³-hybridized carbons (Fsp3) is 0.286. The molecule has 3 nitrogen and oxygen atoms in total. The molecule has 52 valence electrons. The Bertz CT molecular complexity index is 183. The van der Waals surface area contributed by atoms with Crippen molar-refractivity contribution in [2.75, 3.05) is 6.54 Å². The van der Waals surface area contributed by atoms with Crippen LogP contribution in [0.1, 0.15) is 0 Å². The Balaban J connectivity index is 2.19. The highest BCUT2D eigenvalue weighted by molar-refractivity contribution is 5.66. The lowest BCUT2D eigenvalue weighted by Crippen LogP contribution is -2.45. The van der Waals surface area contributed by atoms with Gasteiger partial charge in [-0.2, -0.15) is 0 Å². The molecule has 2 aliphatic heterocycles. The van der Waals surface area contributed by atoms with Gasteiger partial charge in [-0.15, -0.1) is 0 Å². The van der Waals surface area contributed by atoms with Crippen molar-refractivity contribution in [3.05, 3.63) is 24.7 Å². The molecular weight excluding hydrogens is 126 g/mol. The monoisotopic (exact) mass is 135 g/mol. The Hall–Kier alpha value is -1.25. The summed E-state index contributed by atoms with van der Waals surface area (Å²) in [6, 6.07) is 0. The van der Waals surface area contributed by atoms with Crippen LogP contribution in [-0.4, -0.2) is 23.8 Å². The van der Waals surface area contributed by atoms with Crippen LogP contribution < -0.4 is 5.32 Å². The van der Waals surface area contributed by atoms with E-state index < -0.39 is 0 Å². The van der Waals surface area contributed by atoms with E-state index in [0.29, 0.717) is 0 Å². The largest absolute Gasteiger partial charge is 0.367 e. The van der Waals surface area contributed by atoms with Gasteiger partial charge < -0.3 is 10.2 Å². The van der Waals surface area contributed by atoms with Crippen LogP contribution in [0.15, 0.2) is 29.7 Å². The quantitative estimate of drug-likeness (QED) is 0.517. The van der Waals surface area contributed by atoms with Crippen molar-refractivity contribution in [2.24, 2.45) is 4.99 Å². The molecular formula is C7H9N3. The van der Waals surface area contributed by atoms with Gasteiger partial charge in [-0.1, -0.05) is 0 Å². The Kier molecular flexibility index (Phi) is 1.20. The molecule has 2 heterocycles. The summed E-state index contributed by atoms with van der Waals surface area (Å²) < 4.78 is 0. The second kappa shape index (κ2) is 2.17. The summed E-state index contributed by atoms with van der Waals surface area (Å²) >= 11 is 0. The standard InChI is InChI=1S/C7H9N3/c1-2-9-7-6-8-3-5-10(7)4-1/h1-3,5-7,9H,4H2. The van der Waals surface area contributed by atoms with E-state index in [-0.39, 0.29) is 6.17 Å². The molecule has 0 aliphatic carbocycles. The number of nitrogens with one attached hydrogen (secondary N) is 1. The van der Waals surface area contributed by atoms with Crippen molar-refractivity contribution in [2.45, 2.75) is 6.17 Å². The fourth-order valence-electron chi connectivity index (χ4n) is 1.09. The van der Waals surface area contributed by atoms with Gasteiger partial charge in [0.25, 0.3) is 0 Å². The van der Waals surface area contributed by atoms with Crippen LogP contribution in [0.3, 0.4) is 0 Å². The molecule has 0 fully saturated rings. The van der Waals surface area contributed by atoms with E-state index in [2.05, 4.69) is 21.3 Å². The molecule has 1 unspecified atom stereocenters. The molecule has 0 aromatic heterocycles. The molecule has 0 saturated carbocycles. The summed E-state index contributed by atoms with van der Waals surface area (Å²) in [5, 5.41) is 3.17. The van der Waals surface area contributed by atoms with Crippen molar-refractivity contribution in [3.8, 4) is 0 Å². The Morgan fingerprint density at radius 2 is 2.60 bits per heavy atom. The molecule has 0 saturated heterocycles. The second-order valence-electron chi connectivity index (χ2n) is 2.31. The van der Waals surface area contributed by atoms with Crippen molar-refractivity contribution < 1.29 is 0 Å². The first-order valence-corrected chi connectivity index (χ1v) is 3.33. The van der Waals surface area contributed by atoms with Crippen LogP contribution in [-0.2, 0) is 0 Å². The molecule has 0 amide bonds. The molecule has 0 aromatic rings. The highest BCUT2D eigenvalue weighted by Crippen LogP contribution is 2.04.